The van der Waals surface area contributed by atoms with E-state index in [4.69, 9.17) is 9.47 Å². The van der Waals surface area contributed by atoms with Gasteiger partial charge in [0.05, 0.1) is 18.7 Å². The van der Waals surface area contributed by atoms with Crippen LogP contribution in [0, 0.1) is 12.7 Å². The number of H-pyrrole nitrogens is 1. The molecule has 0 aliphatic carbocycles. The predicted octanol–water partition coefficient (Wildman–Crippen LogP) is 3.34. The number of aryl methyl sites for hydroxylation is 1. The fourth-order valence-electron chi connectivity index (χ4n) is 3.95. The van der Waals surface area contributed by atoms with Crippen LogP contribution in [0.5, 0.6) is 5.75 Å². The number of nitrogens with one attached hydrogen (secondary N) is 2. The number of halogens is 1. The molecular formula is C25H27FN6O3. The lowest BCUT2D eigenvalue weighted by molar-refractivity contribution is 0.0322. The van der Waals surface area contributed by atoms with E-state index in [1.165, 1.54) is 24.3 Å². The molecule has 1 atom stereocenters. The zero-order chi connectivity index (χ0) is 24.2. The minimum absolute atomic E-state index is 0.185. The zero-order valence-electron chi connectivity index (χ0n) is 19.4. The Bertz CT molecular complexity index is 1290. The van der Waals surface area contributed by atoms with Crippen LogP contribution in [0.4, 0.5) is 16.0 Å². The Hall–Kier alpha value is -3.60. The fourth-order valence-corrected chi connectivity index (χ4v) is 3.95. The van der Waals surface area contributed by atoms with Crippen molar-refractivity contribution in [1.29, 1.82) is 0 Å². The lowest BCUT2D eigenvalue weighted by atomic mass is 10.1. The maximum atomic E-state index is 13.4. The number of morpholine rings is 1. The number of aliphatic hydroxyl groups excluding tert-OH is 1. The molecule has 9 nitrogen and oxygen atoms in total. The van der Waals surface area contributed by atoms with Gasteiger partial charge in [0.25, 0.3) is 0 Å². The van der Waals surface area contributed by atoms with Crippen LogP contribution in [0.25, 0.3) is 10.9 Å². The first-order valence-corrected chi connectivity index (χ1v) is 11.5. The topological polar surface area (TPSA) is 108 Å². The van der Waals surface area contributed by atoms with Gasteiger partial charge in [0.1, 0.15) is 30.1 Å². The third-order valence-electron chi connectivity index (χ3n) is 5.85. The Morgan fingerprint density at radius 2 is 1.94 bits per heavy atom. The molecule has 2 aromatic carbocycles. The first-order chi connectivity index (χ1) is 17.0. The highest BCUT2D eigenvalue weighted by Crippen LogP contribution is 2.30. The molecule has 1 aliphatic rings. The maximum absolute atomic E-state index is 13.4. The molecule has 10 heteroatoms. The number of benzene rings is 2. The summed E-state index contributed by atoms with van der Waals surface area (Å²) in [6, 6.07) is 13.1. The van der Waals surface area contributed by atoms with E-state index in [0.29, 0.717) is 35.1 Å². The molecule has 0 radical (unpaired) electrons. The van der Waals surface area contributed by atoms with Crippen molar-refractivity contribution in [3.05, 3.63) is 71.4 Å². The summed E-state index contributed by atoms with van der Waals surface area (Å²) < 4.78 is 24.8. The van der Waals surface area contributed by atoms with Gasteiger partial charge in [0, 0.05) is 42.8 Å². The van der Waals surface area contributed by atoms with Crippen LogP contribution in [0.2, 0.25) is 0 Å². The van der Waals surface area contributed by atoms with Gasteiger partial charge in [-0.05, 0) is 36.8 Å². The Kier molecular flexibility index (Phi) is 6.84. The number of anilines is 2. The normalized spacial score (nSPS) is 15.3. The molecule has 182 valence electrons. The van der Waals surface area contributed by atoms with Gasteiger partial charge in [-0.25, -0.2) is 14.4 Å². The second-order valence-electron chi connectivity index (χ2n) is 8.43. The van der Waals surface area contributed by atoms with E-state index in [1.807, 2.05) is 31.2 Å². The van der Waals surface area contributed by atoms with E-state index in [-0.39, 0.29) is 11.6 Å². The quantitative estimate of drug-likeness (QED) is 0.354. The molecule has 5 rings (SSSR count). The van der Waals surface area contributed by atoms with Gasteiger partial charge in [-0.3, -0.25) is 10.00 Å². The predicted molar refractivity (Wildman–Crippen MR) is 129 cm³/mol. The smallest absolute Gasteiger partial charge is 0.164 e. The highest BCUT2D eigenvalue weighted by molar-refractivity contribution is 5.91. The molecule has 0 saturated carbocycles. The molecule has 0 spiro atoms. The average Bonchev–Trinajstić information content (AvgIpc) is 3.29. The summed E-state index contributed by atoms with van der Waals surface area (Å²) in [6.45, 7) is 6.56. The second-order valence-corrected chi connectivity index (χ2v) is 8.43. The number of aromatic nitrogens is 4. The van der Waals surface area contributed by atoms with Gasteiger partial charge in [-0.1, -0.05) is 12.1 Å². The summed E-state index contributed by atoms with van der Waals surface area (Å²) in [6.07, 6.45) is -1.13. The third-order valence-corrected chi connectivity index (χ3v) is 5.85. The number of aliphatic hydroxyl groups is 1. The van der Waals surface area contributed by atoms with E-state index >= 15 is 0 Å². The summed E-state index contributed by atoms with van der Waals surface area (Å²) >= 11 is 0. The van der Waals surface area contributed by atoms with Gasteiger partial charge < -0.3 is 19.9 Å². The minimum Gasteiger partial charge on any atom is -0.492 e. The van der Waals surface area contributed by atoms with Gasteiger partial charge in [0.2, 0.25) is 0 Å². The molecule has 0 amide bonds. The first-order valence-electron chi connectivity index (χ1n) is 11.5. The summed E-state index contributed by atoms with van der Waals surface area (Å²) in [5.74, 6) is 1.57. The van der Waals surface area contributed by atoms with Gasteiger partial charge in [-0.15, -0.1) is 0 Å². The molecule has 1 saturated heterocycles. The van der Waals surface area contributed by atoms with E-state index in [1.54, 1.807) is 0 Å². The molecular weight excluding hydrogens is 451 g/mol. The van der Waals surface area contributed by atoms with Crippen LogP contribution in [-0.2, 0) is 4.74 Å². The lowest BCUT2D eigenvalue weighted by Crippen LogP contribution is -2.38. The number of hydrogen-bond acceptors (Lipinski definition) is 8. The van der Waals surface area contributed by atoms with Crippen molar-refractivity contribution in [3.63, 3.8) is 0 Å². The maximum Gasteiger partial charge on any atom is 0.164 e. The number of aromatic amines is 1. The largest absolute Gasteiger partial charge is 0.492 e. The van der Waals surface area contributed by atoms with Gasteiger partial charge in [0.15, 0.2) is 11.6 Å². The summed E-state index contributed by atoms with van der Waals surface area (Å²) in [5, 5.41) is 22.0. The van der Waals surface area contributed by atoms with E-state index in [0.717, 1.165) is 43.9 Å². The molecule has 1 unspecified atom stereocenters. The van der Waals surface area contributed by atoms with Crippen molar-refractivity contribution in [2.45, 2.75) is 13.0 Å². The highest BCUT2D eigenvalue weighted by Gasteiger charge is 2.18. The van der Waals surface area contributed by atoms with Gasteiger partial charge in [-0.2, -0.15) is 5.10 Å². The first kappa shape index (κ1) is 23.2. The summed E-state index contributed by atoms with van der Waals surface area (Å²) in [4.78, 5) is 11.5. The van der Waals surface area contributed by atoms with Crippen molar-refractivity contribution in [3.8, 4) is 5.75 Å². The second kappa shape index (κ2) is 10.3. The number of rotatable bonds is 8. The number of ether oxygens (including phenoxy) is 2. The van der Waals surface area contributed by atoms with Gasteiger partial charge >= 0.3 is 0 Å². The molecule has 0 bridgehead atoms. The summed E-state index contributed by atoms with van der Waals surface area (Å²) in [5.41, 5.74) is 1.99. The SMILES string of the molecule is Cc1cc(Nc2nc(C(O)c3ccc(F)cc3)nc3cc(OCCN4CCOCC4)ccc23)n[nH]1. The minimum atomic E-state index is -1.13. The standard InChI is InChI=1S/C25H27FN6O3/c1-16-14-22(31-30-16)28-24-20-7-6-19(35-13-10-32-8-11-34-12-9-32)15-21(20)27-25(29-24)23(33)17-2-4-18(26)5-3-17/h2-7,14-15,23,33H,8-13H2,1H3,(H2,27,28,29,30,31). The van der Waals surface area contributed by atoms with Crippen LogP contribution >= 0.6 is 0 Å². The van der Waals surface area contributed by atoms with E-state index < -0.39 is 6.10 Å². The Balaban J connectivity index is 1.43. The van der Waals surface area contributed by atoms with Crippen molar-refractivity contribution in [2.24, 2.45) is 0 Å². The molecule has 1 aliphatic heterocycles. The van der Waals surface area contributed by atoms with Crippen LogP contribution < -0.4 is 10.1 Å². The Labute approximate surface area is 201 Å². The van der Waals surface area contributed by atoms with Crippen molar-refractivity contribution in [2.75, 3.05) is 44.8 Å². The number of fused-ring (bicyclic) bond motifs is 1. The van der Waals surface area contributed by atoms with Crippen molar-refractivity contribution < 1.29 is 19.0 Å². The number of nitrogens with zero attached hydrogens (tertiary/aromatic N) is 4. The molecule has 2 aromatic heterocycles. The van der Waals surface area contributed by atoms with Crippen LogP contribution in [-0.4, -0.2) is 69.6 Å². The Morgan fingerprint density at radius 1 is 1.14 bits per heavy atom. The Morgan fingerprint density at radius 3 is 2.69 bits per heavy atom. The van der Waals surface area contributed by atoms with E-state index in [9.17, 15) is 9.50 Å². The van der Waals surface area contributed by atoms with Crippen LogP contribution in [0.3, 0.4) is 0 Å². The molecule has 35 heavy (non-hydrogen) atoms. The highest BCUT2D eigenvalue weighted by atomic mass is 19.1. The molecule has 1 fully saturated rings. The molecule has 3 heterocycles. The molecule has 3 N–H and O–H groups in total. The van der Waals surface area contributed by atoms with E-state index in [2.05, 4.69) is 30.4 Å². The third kappa shape index (κ3) is 5.56. The average molecular weight is 479 g/mol. The monoisotopic (exact) mass is 478 g/mol. The number of hydrogen-bond donors (Lipinski definition) is 3. The molecule has 4 aromatic rings. The van der Waals surface area contributed by atoms with Crippen molar-refractivity contribution in [1.82, 2.24) is 25.1 Å². The zero-order valence-corrected chi connectivity index (χ0v) is 19.4. The van der Waals surface area contributed by atoms with Crippen molar-refractivity contribution >= 4 is 22.5 Å². The van der Waals surface area contributed by atoms with Crippen LogP contribution in [0.15, 0.2) is 48.5 Å². The van der Waals surface area contributed by atoms with Crippen LogP contribution in [0.1, 0.15) is 23.2 Å². The fraction of sp³-hybridized carbons (Fsp3) is 0.320. The lowest BCUT2D eigenvalue weighted by Gasteiger charge is -2.26. The summed E-state index contributed by atoms with van der Waals surface area (Å²) in [7, 11) is 0.